The van der Waals surface area contributed by atoms with Crippen LogP contribution in [0.15, 0.2) is 66.9 Å². The molecule has 2 aromatic carbocycles. The third-order valence-corrected chi connectivity index (χ3v) is 6.95. The summed E-state index contributed by atoms with van der Waals surface area (Å²) in [6.07, 6.45) is 2.92. The highest BCUT2D eigenvalue weighted by Gasteiger charge is 2.44. The van der Waals surface area contributed by atoms with E-state index in [0.717, 1.165) is 28.7 Å². The molecule has 3 aromatic rings. The fraction of sp³-hybridized carbons (Fsp3) is 0.259. The van der Waals surface area contributed by atoms with Crippen LogP contribution in [0, 0.1) is 5.41 Å². The Bertz CT molecular complexity index is 1240. The first-order valence-electron chi connectivity index (χ1n) is 11.6. The molecule has 1 saturated carbocycles. The van der Waals surface area contributed by atoms with Crippen LogP contribution in [0.3, 0.4) is 0 Å². The number of carbonyl (C=O) groups excluding carboxylic acids is 2. The summed E-state index contributed by atoms with van der Waals surface area (Å²) in [4.78, 5) is 40.3. The standard InChI is InChI=1S/C27H25N3O5/c31-24(32)23-11-10-17(14-28-23)30-25(33)27(12-5-13-27)16-29-26(34)35-15-22-20-8-3-1-6-18(20)19-7-2-4-9-21(19)22/h1-4,6-11,14,22H,5,12-13,15-16H2,(H,29,34)(H,30,33)(H,31,32). The second-order valence-electron chi connectivity index (χ2n) is 9.00. The van der Waals surface area contributed by atoms with E-state index in [4.69, 9.17) is 9.84 Å². The number of rotatable bonds is 7. The number of alkyl carbamates (subject to hydrolysis) is 1. The Kier molecular flexibility index (Phi) is 5.94. The van der Waals surface area contributed by atoms with Crippen molar-refractivity contribution in [1.82, 2.24) is 10.3 Å². The Labute approximate surface area is 202 Å². The molecule has 178 valence electrons. The van der Waals surface area contributed by atoms with Crippen LogP contribution in [-0.4, -0.2) is 41.2 Å². The van der Waals surface area contributed by atoms with Gasteiger partial charge in [-0.1, -0.05) is 55.0 Å². The van der Waals surface area contributed by atoms with Gasteiger partial charge in [0.15, 0.2) is 0 Å². The van der Waals surface area contributed by atoms with Crippen LogP contribution in [0.2, 0.25) is 0 Å². The third kappa shape index (κ3) is 4.35. The smallest absolute Gasteiger partial charge is 0.407 e. The van der Waals surface area contributed by atoms with Crippen LogP contribution in [0.25, 0.3) is 11.1 Å². The summed E-state index contributed by atoms with van der Waals surface area (Å²) in [7, 11) is 0. The van der Waals surface area contributed by atoms with E-state index >= 15 is 0 Å². The fourth-order valence-corrected chi connectivity index (χ4v) is 4.84. The lowest BCUT2D eigenvalue weighted by Gasteiger charge is -2.40. The van der Waals surface area contributed by atoms with Crippen molar-refractivity contribution < 1.29 is 24.2 Å². The lowest BCUT2D eigenvalue weighted by Crippen LogP contribution is -2.50. The first-order valence-corrected chi connectivity index (χ1v) is 11.6. The minimum Gasteiger partial charge on any atom is -0.477 e. The van der Waals surface area contributed by atoms with E-state index in [1.165, 1.54) is 18.3 Å². The van der Waals surface area contributed by atoms with Crippen molar-refractivity contribution in [2.24, 2.45) is 5.41 Å². The second kappa shape index (κ2) is 9.21. The first kappa shape index (κ1) is 22.6. The van der Waals surface area contributed by atoms with E-state index in [9.17, 15) is 14.4 Å². The second-order valence-corrected chi connectivity index (χ2v) is 9.00. The number of nitrogens with zero attached hydrogens (tertiary/aromatic N) is 1. The van der Waals surface area contributed by atoms with Gasteiger partial charge in [0.1, 0.15) is 12.3 Å². The van der Waals surface area contributed by atoms with Gasteiger partial charge in [-0.15, -0.1) is 0 Å². The number of aromatic carboxylic acids is 1. The van der Waals surface area contributed by atoms with E-state index in [2.05, 4.69) is 39.9 Å². The molecule has 5 rings (SSSR count). The number of carbonyl (C=O) groups is 3. The van der Waals surface area contributed by atoms with Crippen molar-refractivity contribution in [2.75, 3.05) is 18.5 Å². The Morgan fingerprint density at radius 2 is 1.63 bits per heavy atom. The maximum absolute atomic E-state index is 12.9. The number of pyridine rings is 1. The molecule has 1 aromatic heterocycles. The zero-order valence-corrected chi connectivity index (χ0v) is 19.0. The Hall–Kier alpha value is -4.20. The molecule has 0 saturated heterocycles. The van der Waals surface area contributed by atoms with Gasteiger partial charge in [-0.3, -0.25) is 4.79 Å². The molecule has 1 fully saturated rings. The van der Waals surface area contributed by atoms with Crippen molar-refractivity contribution >= 4 is 23.7 Å². The molecular formula is C27H25N3O5. The van der Waals surface area contributed by atoms with Crippen molar-refractivity contribution in [1.29, 1.82) is 0 Å². The number of nitrogens with one attached hydrogen (secondary N) is 2. The predicted octanol–water partition coefficient (Wildman–Crippen LogP) is 4.43. The van der Waals surface area contributed by atoms with Crippen LogP contribution < -0.4 is 10.6 Å². The molecule has 0 atom stereocenters. The number of ether oxygens (including phenoxy) is 1. The van der Waals surface area contributed by atoms with E-state index in [1.54, 1.807) is 0 Å². The molecule has 35 heavy (non-hydrogen) atoms. The van der Waals surface area contributed by atoms with Crippen LogP contribution >= 0.6 is 0 Å². The summed E-state index contributed by atoms with van der Waals surface area (Å²) >= 11 is 0. The van der Waals surface area contributed by atoms with Gasteiger partial charge in [-0.2, -0.15) is 0 Å². The lowest BCUT2D eigenvalue weighted by molar-refractivity contribution is -0.129. The number of anilines is 1. The minimum atomic E-state index is -1.13. The average Bonchev–Trinajstić information content (AvgIpc) is 3.16. The summed E-state index contributed by atoms with van der Waals surface area (Å²) < 4.78 is 5.59. The number of hydrogen-bond donors (Lipinski definition) is 3. The molecule has 0 spiro atoms. The number of carboxylic acids is 1. The van der Waals surface area contributed by atoms with Gasteiger partial charge in [0.05, 0.1) is 17.3 Å². The fourth-order valence-electron chi connectivity index (χ4n) is 4.84. The van der Waals surface area contributed by atoms with E-state index in [-0.39, 0.29) is 30.7 Å². The van der Waals surface area contributed by atoms with Gasteiger partial charge in [0.2, 0.25) is 5.91 Å². The van der Waals surface area contributed by atoms with Gasteiger partial charge < -0.3 is 20.5 Å². The van der Waals surface area contributed by atoms with Crippen LogP contribution in [0.4, 0.5) is 10.5 Å². The summed E-state index contributed by atoms with van der Waals surface area (Å²) in [6, 6.07) is 19.1. The number of amides is 2. The number of carboxylic acid groups (broad SMARTS) is 1. The highest BCUT2D eigenvalue weighted by Crippen LogP contribution is 2.44. The van der Waals surface area contributed by atoms with Crippen molar-refractivity contribution in [3.63, 3.8) is 0 Å². The molecular weight excluding hydrogens is 446 g/mol. The predicted molar refractivity (Wildman–Crippen MR) is 129 cm³/mol. The molecule has 0 radical (unpaired) electrons. The molecule has 2 aliphatic carbocycles. The van der Waals surface area contributed by atoms with Crippen LogP contribution in [-0.2, 0) is 9.53 Å². The van der Waals surface area contributed by atoms with Crippen molar-refractivity contribution in [2.45, 2.75) is 25.2 Å². The molecule has 3 N–H and O–H groups in total. The molecule has 8 nitrogen and oxygen atoms in total. The minimum absolute atomic E-state index is 0.0321. The largest absolute Gasteiger partial charge is 0.477 e. The van der Waals surface area contributed by atoms with Gasteiger partial charge in [0.25, 0.3) is 0 Å². The topological polar surface area (TPSA) is 118 Å². The highest BCUT2D eigenvalue weighted by molar-refractivity contribution is 5.96. The Balaban J connectivity index is 1.18. The summed E-state index contributed by atoms with van der Waals surface area (Å²) in [5, 5.41) is 14.5. The van der Waals surface area contributed by atoms with Gasteiger partial charge in [0, 0.05) is 12.5 Å². The number of hydrogen-bond acceptors (Lipinski definition) is 5. The molecule has 2 amide bonds. The first-order chi connectivity index (χ1) is 17.0. The zero-order chi connectivity index (χ0) is 24.4. The summed E-state index contributed by atoms with van der Waals surface area (Å²) in [5.41, 5.74) is 4.18. The molecule has 0 aliphatic heterocycles. The monoisotopic (exact) mass is 471 g/mol. The number of benzene rings is 2. The SMILES string of the molecule is O=C(NCC1(C(=O)Nc2ccc(C(=O)O)nc2)CCC1)OCC1c2ccccc2-c2ccccc21. The Morgan fingerprint density at radius 3 is 2.17 bits per heavy atom. The maximum Gasteiger partial charge on any atom is 0.407 e. The molecule has 0 bridgehead atoms. The normalized spacial score (nSPS) is 15.3. The Morgan fingerprint density at radius 1 is 0.971 bits per heavy atom. The van der Waals surface area contributed by atoms with Crippen molar-refractivity contribution in [3.05, 3.63) is 83.7 Å². The summed E-state index contributed by atoms with van der Waals surface area (Å²) in [6.45, 7) is 0.372. The quantitative estimate of drug-likeness (QED) is 0.469. The highest BCUT2D eigenvalue weighted by atomic mass is 16.5. The van der Waals surface area contributed by atoms with E-state index in [1.807, 2.05) is 24.3 Å². The van der Waals surface area contributed by atoms with Crippen LogP contribution in [0.1, 0.15) is 46.8 Å². The number of aromatic nitrogens is 1. The average molecular weight is 472 g/mol. The van der Waals surface area contributed by atoms with E-state index < -0.39 is 17.5 Å². The van der Waals surface area contributed by atoms with Gasteiger partial charge >= 0.3 is 12.1 Å². The van der Waals surface area contributed by atoms with Gasteiger partial charge in [-0.25, -0.2) is 14.6 Å². The van der Waals surface area contributed by atoms with Crippen LogP contribution in [0.5, 0.6) is 0 Å². The zero-order valence-electron chi connectivity index (χ0n) is 19.0. The lowest BCUT2D eigenvalue weighted by atomic mass is 9.68. The molecule has 1 heterocycles. The third-order valence-electron chi connectivity index (χ3n) is 6.95. The van der Waals surface area contributed by atoms with Gasteiger partial charge in [-0.05, 0) is 47.2 Å². The molecule has 8 heteroatoms. The maximum atomic E-state index is 12.9. The molecule has 2 aliphatic rings. The number of fused-ring (bicyclic) bond motifs is 3. The van der Waals surface area contributed by atoms with Crippen molar-refractivity contribution in [3.8, 4) is 11.1 Å². The van der Waals surface area contributed by atoms with E-state index in [0.29, 0.717) is 18.5 Å². The molecule has 0 unspecified atom stereocenters. The summed E-state index contributed by atoms with van der Waals surface area (Å²) in [5.74, 6) is -1.39.